The summed E-state index contributed by atoms with van der Waals surface area (Å²) in [6.45, 7) is 6.15. The van der Waals surface area contributed by atoms with E-state index < -0.39 is 10.5 Å². The molecule has 3 N–H and O–H groups in total. The molecule has 0 saturated carbocycles. The molecule has 0 aliphatic carbocycles. The van der Waals surface area contributed by atoms with E-state index in [9.17, 15) is 15.2 Å². The molecule has 6 nitrogen and oxygen atoms in total. The second-order valence-electron chi connectivity index (χ2n) is 4.69. The number of nitrogens with zero attached hydrogens (tertiary/aromatic N) is 1. The van der Waals surface area contributed by atoms with Gasteiger partial charge in [0.2, 0.25) is 0 Å². The molecule has 1 unspecified atom stereocenters. The number of rotatable bonds is 7. The fraction of sp³-hybridized carbons (Fsp3) is 0.538. The zero-order valence-electron chi connectivity index (χ0n) is 11.6. The Bertz CT molecular complexity index is 445. The van der Waals surface area contributed by atoms with Crippen LogP contribution in [0.5, 0.6) is 0 Å². The second-order valence-corrected chi connectivity index (χ2v) is 4.69. The summed E-state index contributed by atoms with van der Waals surface area (Å²) in [5.74, 6) is 0. The Hall–Kier alpha value is -1.82. The molecule has 6 heteroatoms. The van der Waals surface area contributed by atoms with E-state index in [1.807, 2.05) is 20.8 Å². The Kier molecular flexibility index (Phi) is 5.11. The summed E-state index contributed by atoms with van der Waals surface area (Å²) in [5, 5.41) is 26.7. The van der Waals surface area contributed by atoms with Gasteiger partial charge >= 0.3 is 5.69 Å². The molecule has 1 atom stereocenters. The fourth-order valence-electron chi connectivity index (χ4n) is 1.74. The van der Waals surface area contributed by atoms with Crippen LogP contribution >= 0.6 is 0 Å². The van der Waals surface area contributed by atoms with E-state index in [2.05, 4.69) is 10.6 Å². The summed E-state index contributed by atoms with van der Waals surface area (Å²) < 4.78 is 0. The number of aliphatic hydroxyl groups excluding tert-OH is 1. The Morgan fingerprint density at radius 2 is 2.00 bits per heavy atom. The molecule has 19 heavy (non-hydrogen) atoms. The third-order valence-corrected chi connectivity index (χ3v) is 3.15. The van der Waals surface area contributed by atoms with E-state index in [4.69, 9.17) is 0 Å². The van der Waals surface area contributed by atoms with Crippen molar-refractivity contribution in [2.75, 3.05) is 23.8 Å². The minimum absolute atomic E-state index is 0.0116. The molecule has 0 amide bonds. The van der Waals surface area contributed by atoms with Gasteiger partial charge in [0, 0.05) is 6.54 Å². The van der Waals surface area contributed by atoms with E-state index in [0.717, 1.165) is 0 Å². The number of hydrogen-bond donors (Lipinski definition) is 3. The van der Waals surface area contributed by atoms with Crippen molar-refractivity contribution in [1.82, 2.24) is 0 Å². The highest BCUT2D eigenvalue weighted by atomic mass is 16.6. The molecule has 0 heterocycles. The smallest absolute Gasteiger partial charge is 0.315 e. The third kappa shape index (κ3) is 3.57. The van der Waals surface area contributed by atoms with Crippen molar-refractivity contribution in [2.24, 2.45) is 0 Å². The quantitative estimate of drug-likeness (QED) is 0.522. The lowest BCUT2D eigenvalue weighted by Crippen LogP contribution is -2.38. The maximum atomic E-state index is 11.2. The first-order valence-electron chi connectivity index (χ1n) is 6.37. The standard InChI is InChI=1S/C13H21N3O3/c1-4-13(3,9-17)15-11-8-6-7-10(14-5-2)12(11)16(18)19/h6-8,14-15,17H,4-5,9H2,1-3H3. The largest absolute Gasteiger partial charge is 0.394 e. The highest BCUT2D eigenvalue weighted by molar-refractivity contribution is 5.76. The normalized spacial score (nSPS) is 13.7. The van der Waals surface area contributed by atoms with Crippen LogP contribution in [0.4, 0.5) is 17.1 Å². The lowest BCUT2D eigenvalue weighted by atomic mass is 9.99. The number of benzene rings is 1. The van der Waals surface area contributed by atoms with Gasteiger partial charge in [0.25, 0.3) is 0 Å². The molecule has 0 spiro atoms. The van der Waals surface area contributed by atoms with Crippen LogP contribution in [0.2, 0.25) is 0 Å². The molecule has 1 rings (SSSR count). The summed E-state index contributed by atoms with van der Waals surface area (Å²) in [4.78, 5) is 10.8. The first kappa shape index (κ1) is 15.2. The third-order valence-electron chi connectivity index (χ3n) is 3.15. The molecule has 0 radical (unpaired) electrons. The SMILES string of the molecule is CCNc1cccc(NC(C)(CC)CO)c1[N+](=O)[O-]. The minimum atomic E-state index is -0.574. The van der Waals surface area contributed by atoms with Gasteiger partial charge in [-0.25, -0.2) is 0 Å². The predicted molar refractivity (Wildman–Crippen MR) is 76.7 cm³/mol. The summed E-state index contributed by atoms with van der Waals surface area (Å²) in [7, 11) is 0. The van der Waals surface area contributed by atoms with Gasteiger partial charge in [0.1, 0.15) is 11.4 Å². The minimum Gasteiger partial charge on any atom is -0.394 e. The van der Waals surface area contributed by atoms with E-state index >= 15 is 0 Å². The van der Waals surface area contributed by atoms with Crippen LogP contribution in [0.3, 0.4) is 0 Å². The van der Waals surface area contributed by atoms with Gasteiger partial charge in [0.15, 0.2) is 0 Å². The van der Waals surface area contributed by atoms with Gasteiger partial charge in [-0.2, -0.15) is 0 Å². The first-order valence-corrected chi connectivity index (χ1v) is 6.37. The lowest BCUT2D eigenvalue weighted by Gasteiger charge is -2.28. The Labute approximate surface area is 113 Å². The average molecular weight is 267 g/mol. The molecule has 0 saturated heterocycles. The van der Waals surface area contributed by atoms with Crippen molar-refractivity contribution in [3.8, 4) is 0 Å². The van der Waals surface area contributed by atoms with E-state index in [1.54, 1.807) is 18.2 Å². The second kappa shape index (κ2) is 6.38. The molecular formula is C13H21N3O3. The molecule has 0 aliphatic rings. The first-order chi connectivity index (χ1) is 8.97. The van der Waals surface area contributed by atoms with E-state index in [-0.39, 0.29) is 12.3 Å². The predicted octanol–water partition coefficient (Wildman–Crippen LogP) is 2.60. The van der Waals surface area contributed by atoms with E-state index in [0.29, 0.717) is 24.3 Å². The van der Waals surface area contributed by atoms with Gasteiger partial charge in [-0.05, 0) is 32.4 Å². The van der Waals surface area contributed by atoms with Crippen LogP contribution in [0, 0.1) is 10.1 Å². The number of anilines is 2. The number of nitro benzene ring substituents is 1. The topological polar surface area (TPSA) is 87.4 Å². The van der Waals surface area contributed by atoms with Gasteiger partial charge in [-0.15, -0.1) is 0 Å². The summed E-state index contributed by atoms with van der Waals surface area (Å²) in [5.41, 5.74) is 0.337. The van der Waals surface area contributed by atoms with Crippen molar-refractivity contribution >= 4 is 17.1 Å². The van der Waals surface area contributed by atoms with Crippen LogP contribution in [0.15, 0.2) is 18.2 Å². The van der Waals surface area contributed by atoms with E-state index in [1.165, 1.54) is 0 Å². The fourth-order valence-corrected chi connectivity index (χ4v) is 1.74. The van der Waals surface area contributed by atoms with Crippen molar-refractivity contribution < 1.29 is 10.0 Å². The van der Waals surface area contributed by atoms with Crippen LogP contribution in [-0.2, 0) is 0 Å². The van der Waals surface area contributed by atoms with Crippen LogP contribution in [0.25, 0.3) is 0 Å². The number of para-hydroxylation sites is 1. The van der Waals surface area contributed by atoms with Crippen molar-refractivity contribution in [1.29, 1.82) is 0 Å². The number of aliphatic hydroxyl groups is 1. The summed E-state index contributed by atoms with van der Waals surface area (Å²) >= 11 is 0. The molecule has 0 aliphatic heterocycles. The molecule has 0 aromatic heterocycles. The zero-order chi connectivity index (χ0) is 14.5. The monoisotopic (exact) mass is 267 g/mol. The highest BCUT2D eigenvalue weighted by Crippen LogP contribution is 2.34. The Morgan fingerprint density at radius 1 is 1.37 bits per heavy atom. The van der Waals surface area contributed by atoms with Crippen LogP contribution in [-0.4, -0.2) is 28.7 Å². The molecular weight excluding hydrogens is 246 g/mol. The van der Waals surface area contributed by atoms with Gasteiger partial charge in [0.05, 0.1) is 17.1 Å². The molecule has 0 bridgehead atoms. The van der Waals surface area contributed by atoms with Crippen molar-refractivity contribution in [2.45, 2.75) is 32.7 Å². The molecule has 1 aromatic rings. The number of nitrogens with one attached hydrogen (secondary N) is 2. The lowest BCUT2D eigenvalue weighted by molar-refractivity contribution is -0.383. The molecule has 1 aromatic carbocycles. The highest BCUT2D eigenvalue weighted by Gasteiger charge is 2.26. The zero-order valence-corrected chi connectivity index (χ0v) is 11.6. The average Bonchev–Trinajstić information content (AvgIpc) is 2.39. The van der Waals surface area contributed by atoms with Gasteiger partial charge in [-0.3, -0.25) is 10.1 Å². The number of nitro groups is 1. The van der Waals surface area contributed by atoms with Crippen LogP contribution in [0.1, 0.15) is 27.2 Å². The Morgan fingerprint density at radius 3 is 2.47 bits per heavy atom. The van der Waals surface area contributed by atoms with Crippen molar-refractivity contribution in [3.63, 3.8) is 0 Å². The van der Waals surface area contributed by atoms with Crippen molar-refractivity contribution in [3.05, 3.63) is 28.3 Å². The molecule has 106 valence electrons. The Balaban J connectivity index is 3.20. The maximum absolute atomic E-state index is 11.2. The summed E-state index contributed by atoms with van der Waals surface area (Å²) in [6.07, 6.45) is 0.659. The van der Waals surface area contributed by atoms with Crippen LogP contribution < -0.4 is 10.6 Å². The summed E-state index contributed by atoms with van der Waals surface area (Å²) in [6, 6.07) is 5.08. The number of hydrogen-bond acceptors (Lipinski definition) is 5. The van der Waals surface area contributed by atoms with Gasteiger partial charge < -0.3 is 15.7 Å². The maximum Gasteiger partial charge on any atom is 0.315 e. The van der Waals surface area contributed by atoms with Gasteiger partial charge in [-0.1, -0.05) is 13.0 Å². The molecule has 0 fully saturated rings.